The molecule has 2 N–H and O–H groups in total. The number of aromatic nitrogens is 2. The molecule has 90 valence electrons. The maximum absolute atomic E-state index is 11.9. The van der Waals surface area contributed by atoms with E-state index in [0.717, 1.165) is 6.42 Å². The number of nitrogens with zero attached hydrogens (tertiary/aromatic N) is 2. The van der Waals surface area contributed by atoms with E-state index in [1.165, 1.54) is 12.4 Å². The number of hydrogen-bond donors (Lipinski definition) is 2. The van der Waals surface area contributed by atoms with Gasteiger partial charge in [0.05, 0.1) is 29.9 Å². The van der Waals surface area contributed by atoms with E-state index in [9.17, 15) is 9.59 Å². The van der Waals surface area contributed by atoms with E-state index >= 15 is 0 Å². The molecule has 1 saturated carbocycles. The van der Waals surface area contributed by atoms with Crippen LogP contribution in [0.4, 0.5) is 0 Å². The van der Waals surface area contributed by atoms with Crippen molar-refractivity contribution in [2.24, 2.45) is 0 Å². The second-order valence-corrected chi connectivity index (χ2v) is 4.29. The highest BCUT2D eigenvalue weighted by Crippen LogP contribution is 2.35. The average molecular weight is 235 g/mol. The van der Waals surface area contributed by atoms with Gasteiger partial charge in [0.1, 0.15) is 0 Å². The Balaban J connectivity index is 2.05. The third-order valence-electron chi connectivity index (χ3n) is 3.03. The van der Waals surface area contributed by atoms with Crippen LogP contribution in [0.1, 0.15) is 36.0 Å². The average Bonchev–Trinajstić information content (AvgIpc) is 2.26. The first-order valence-electron chi connectivity index (χ1n) is 5.42. The van der Waals surface area contributed by atoms with Crippen LogP contribution in [0.5, 0.6) is 0 Å². The lowest BCUT2D eigenvalue weighted by molar-refractivity contribution is -0.139. The number of carbonyl (C=O) groups excluding carboxylic acids is 1. The molecular formula is C11H13N3O3. The number of carboxylic acid groups (broad SMARTS) is 1. The molecule has 0 bridgehead atoms. The van der Waals surface area contributed by atoms with Gasteiger partial charge in [0.15, 0.2) is 0 Å². The Labute approximate surface area is 98.1 Å². The Morgan fingerprint density at radius 1 is 1.41 bits per heavy atom. The van der Waals surface area contributed by atoms with Crippen molar-refractivity contribution in [2.75, 3.05) is 0 Å². The summed E-state index contributed by atoms with van der Waals surface area (Å²) in [6, 6.07) is 1.55. The summed E-state index contributed by atoms with van der Waals surface area (Å²) in [5.74, 6) is -1.18. The lowest BCUT2D eigenvalue weighted by atomic mass is 9.74. The molecule has 0 unspecified atom stereocenters. The fraction of sp³-hybridized carbons (Fsp3) is 0.455. The van der Waals surface area contributed by atoms with Crippen LogP contribution >= 0.6 is 0 Å². The van der Waals surface area contributed by atoms with Crippen LogP contribution in [0.3, 0.4) is 0 Å². The molecule has 1 aromatic heterocycles. The van der Waals surface area contributed by atoms with Gasteiger partial charge in [-0.25, -0.2) is 0 Å². The molecular weight excluding hydrogens is 222 g/mol. The zero-order valence-electron chi connectivity index (χ0n) is 9.22. The normalized spacial score (nSPS) is 16.9. The number of carbonyl (C=O) groups is 2. The first-order valence-corrected chi connectivity index (χ1v) is 5.42. The van der Waals surface area contributed by atoms with Crippen LogP contribution in [0.15, 0.2) is 18.5 Å². The Bertz CT molecular complexity index is 429. The minimum absolute atomic E-state index is 0.0305. The van der Waals surface area contributed by atoms with Crippen LogP contribution < -0.4 is 5.32 Å². The van der Waals surface area contributed by atoms with E-state index in [-0.39, 0.29) is 12.3 Å². The van der Waals surface area contributed by atoms with Crippen molar-refractivity contribution in [1.82, 2.24) is 15.5 Å². The third kappa shape index (κ3) is 2.58. The fourth-order valence-corrected chi connectivity index (χ4v) is 1.98. The van der Waals surface area contributed by atoms with Gasteiger partial charge >= 0.3 is 5.97 Å². The van der Waals surface area contributed by atoms with Crippen LogP contribution in [0.2, 0.25) is 0 Å². The Morgan fingerprint density at radius 2 is 2.18 bits per heavy atom. The predicted octanol–water partition coefficient (Wildman–Crippen LogP) is 0.604. The third-order valence-corrected chi connectivity index (χ3v) is 3.03. The molecule has 0 atom stereocenters. The molecule has 1 aliphatic carbocycles. The van der Waals surface area contributed by atoms with Crippen molar-refractivity contribution in [1.29, 1.82) is 0 Å². The zero-order valence-corrected chi connectivity index (χ0v) is 9.22. The number of carboxylic acids is 1. The Morgan fingerprint density at radius 3 is 2.65 bits per heavy atom. The number of nitrogens with one attached hydrogen (secondary N) is 1. The maximum Gasteiger partial charge on any atom is 0.305 e. The van der Waals surface area contributed by atoms with Gasteiger partial charge < -0.3 is 10.4 Å². The number of rotatable bonds is 4. The summed E-state index contributed by atoms with van der Waals surface area (Å²) in [6.45, 7) is 0. The van der Waals surface area contributed by atoms with E-state index in [4.69, 9.17) is 5.11 Å². The Hall–Kier alpha value is -1.98. The summed E-state index contributed by atoms with van der Waals surface area (Å²) in [6.07, 6.45) is 5.13. The van der Waals surface area contributed by atoms with Crippen LogP contribution in [-0.2, 0) is 4.79 Å². The number of hydrogen-bond acceptors (Lipinski definition) is 4. The first-order chi connectivity index (χ1) is 8.11. The van der Waals surface area contributed by atoms with E-state index < -0.39 is 11.5 Å². The van der Waals surface area contributed by atoms with Crippen LogP contribution in [0, 0.1) is 0 Å². The van der Waals surface area contributed by atoms with Gasteiger partial charge in [-0.1, -0.05) is 0 Å². The monoisotopic (exact) mass is 235 g/mol. The van der Waals surface area contributed by atoms with Crippen molar-refractivity contribution in [3.63, 3.8) is 0 Å². The highest BCUT2D eigenvalue weighted by molar-refractivity contribution is 5.94. The minimum atomic E-state index is -0.891. The predicted molar refractivity (Wildman–Crippen MR) is 58.3 cm³/mol. The van der Waals surface area contributed by atoms with Gasteiger partial charge in [-0.3, -0.25) is 9.59 Å². The number of amides is 1. The largest absolute Gasteiger partial charge is 0.481 e. The summed E-state index contributed by atoms with van der Waals surface area (Å²) in [5, 5.41) is 18.8. The lowest BCUT2D eigenvalue weighted by Gasteiger charge is -2.41. The van der Waals surface area contributed by atoms with Crippen LogP contribution in [-0.4, -0.2) is 32.7 Å². The van der Waals surface area contributed by atoms with Crippen molar-refractivity contribution in [2.45, 2.75) is 31.2 Å². The van der Waals surface area contributed by atoms with Crippen molar-refractivity contribution in [3.8, 4) is 0 Å². The van der Waals surface area contributed by atoms with Gasteiger partial charge in [0.25, 0.3) is 5.91 Å². The molecule has 6 heteroatoms. The molecule has 1 aromatic rings. The highest BCUT2D eigenvalue weighted by Gasteiger charge is 2.40. The van der Waals surface area contributed by atoms with Crippen molar-refractivity contribution >= 4 is 11.9 Å². The van der Waals surface area contributed by atoms with Gasteiger partial charge in [-0.15, -0.1) is 0 Å². The summed E-state index contributed by atoms with van der Waals surface area (Å²) in [5.41, 5.74) is -0.178. The van der Waals surface area contributed by atoms with Gasteiger partial charge in [-0.05, 0) is 25.3 Å². The fourth-order valence-electron chi connectivity index (χ4n) is 1.98. The van der Waals surface area contributed by atoms with Crippen molar-refractivity contribution < 1.29 is 14.7 Å². The molecule has 1 fully saturated rings. The molecule has 17 heavy (non-hydrogen) atoms. The SMILES string of the molecule is O=C(O)CC1(NC(=O)c2ccnnc2)CCC1. The number of aliphatic carboxylic acids is 1. The molecule has 0 aromatic carbocycles. The van der Waals surface area contributed by atoms with Gasteiger partial charge in [0.2, 0.25) is 0 Å². The summed E-state index contributed by atoms with van der Waals surface area (Å²) >= 11 is 0. The standard InChI is InChI=1S/C11H13N3O3/c15-9(16)6-11(3-1-4-11)14-10(17)8-2-5-12-13-7-8/h2,5,7H,1,3-4,6H2,(H,14,17)(H,15,16). The van der Waals surface area contributed by atoms with E-state index in [0.29, 0.717) is 18.4 Å². The Kier molecular flexibility index (Phi) is 3.03. The van der Waals surface area contributed by atoms with Gasteiger partial charge in [0, 0.05) is 0 Å². The smallest absolute Gasteiger partial charge is 0.305 e. The van der Waals surface area contributed by atoms with E-state index in [1.807, 2.05) is 0 Å². The highest BCUT2D eigenvalue weighted by atomic mass is 16.4. The molecule has 2 rings (SSSR count). The molecule has 0 radical (unpaired) electrons. The van der Waals surface area contributed by atoms with E-state index in [2.05, 4.69) is 15.5 Å². The minimum Gasteiger partial charge on any atom is -0.481 e. The van der Waals surface area contributed by atoms with Gasteiger partial charge in [-0.2, -0.15) is 10.2 Å². The quantitative estimate of drug-likeness (QED) is 0.797. The summed E-state index contributed by atoms with van der Waals surface area (Å²) in [7, 11) is 0. The topological polar surface area (TPSA) is 92.2 Å². The van der Waals surface area contributed by atoms with Crippen molar-refractivity contribution in [3.05, 3.63) is 24.0 Å². The van der Waals surface area contributed by atoms with E-state index in [1.54, 1.807) is 6.07 Å². The zero-order chi connectivity index (χ0) is 12.3. The second-order valence-electron chi connectivity index (χ2n) is 4.29. The molecule has 0 spiro atoms. The second kappa shape index (κ2) is 4.48. The molecule has 0 aliphatic heterocycles. The lowest BCUT2D eigenvalue weighted by Crippen LogP contribution is -2.54. The molecule has 6 nitrogen and oxygen atoms in total. The maximum atomic E-state index is 11.9. The summed E-state index contributed by atoms with van der Waals surface area (Å²) in [4.78, 5) is 22.6. The molecule has 0 saturated heterocycles. The first kappa shape index (κ1) is 11.5. The molecule has 1 amide bonds. The molecule has 1 heterocycles. The van der Waals surface area contributed by atoms with Crippen LogP contribution in [0.25, 0.3) is 0 Å². The molecule has 1 aliphatic rings. The summed E-state index contributed by atoms with van der Waals surface area (Å²) < 4.78 is 0.